The summed E-state index contributed by atoms with van der Waals surface area (Å²) >= 11 is 0. The van der Waals surface area contributed by atoms with Gasteiger partial charge in [-0.3, -0.25) is 0 Å². The van der Waals surface area contributed by atoms with Gasteiger partial charge < -0.3 is 15.8 Å². The molecule has 1 saturated carbocycles. The molecule has 0 amide bonds. The number of rotatable bonds is 5. The summed E-state index contributed by atoms with van der Waals surface area (Å²) in [7, 11) is 3.71. The second-order valence-electron chi connectivity index (χ2n) is 5.55. The Morgan fingerprint density at radius 3 is 2.50 bits per heavy atom. The summed E-state index contributed by atoms with van der Waals surface area (Å²) in [4.78, 5) is 0. The maximum absolute atomic E-state index is 6.50. The zero-order valence-electron chi connectivity index (χ0n) is 11.8. The lowest BCUT2D eigenvalue weighted by atomic mass is 9.87. The average Bonchev–Trinajstić information content (AvgIpc) is 3.12. The third kappa shape index (κ3) is 2.25. The van der Waals surface area contributed by atoms with Crippen LogP contribution in [-0.4, -0.2) is 20.7 Å². The fraction of sp³-hybridized carbons (Fsp3) is 0.600. The summed E-state index contributed by atoms with van der Waals surface area (Å²) < 4.78 is 5.36. The molecule has 2 rings (SSSR count). The van der Waals surface area contributed by atoms with Gasteiger partial charge in [0.15, 0.2) is 0 Å². The number of ether oxygens (including phenoxy) is 1. The molecule has 3 heteroatoms. The highest BCUT2D eigenvalue weighted by Crippen LogP contribution is 2.54. The van der Waals surface area contributed by atoms with Gasteiger partial charge >= 0.3 is 0 Å². The first kappa shape index (κ1) is 13.4. The van der Waals surface area contributed by atoms with Gasteiger partial charge in [-0.1, -0.05) is 6.07 Å². The summed E-state index contributed by atoms with van der Waals surface area (Å²) in [5.74, 6) is 0.946. The molecule has 1 atom stereocenters. The van der Waals surface area contributed by atoms with Crippen molar-refractivity contribution in [2.24, 2.45) is 11.1 Å². The SMILES string of the molecule is CNCC1(C(N)c2cc(C)c(OC)cc2C)CC1. The van der Waals surface area contributed by atoms with E-state index in [9.17, 15) is 0 Å². The van der Waals surface area contributed by atoms with Crippen LogP contribution in [0.25, 0.3) is 0 Å². The van der Waals surface area contributed by atoms with Gasteiger partial charge in [-0.05, 0) is 56.5 Å². The molecule has 1 aliphatic rings. The normalized spacial score (nSPS) is 18.5. The number of benzene rings is 1. The molecule has 100 valence electrons. The van der Waals surface area contributed by atoms with Crippen LogP contribution in [0, 0.1) is 19.3 Å². The molecule has 1 aliphatic carbocycles. The van der Waals surface area contributed by atoms with Crippen molar-refractivity contribution >= 4 is 0 Å². The maximum atomic E-state index is 6.50. The van der Waals surface area contributed by atoms with Crippen LogP contribution in [0.15, 0.2) is 12.1 Å². The molecule has 0 aliphatic heterocycles. The number of hydrogen-bond donors (Lipinski definition) is 2. The fourth-order valence-electron chi connectivity index (χ4n) is 2.81. The van der Waals surface area contributed by atoms with E-state index in [0.717, 1.165) is 17.9 Å². The first-order valence-electron chi connectivity index (χ1n) is 6.59. The molecule has 3 N–H and O–H groups in total. The summed E-state index contributed by atoms with van der Waals surface area (Å²) in [6.45, 7) is 5.19. The van der Waals surface area contributed by atoms with Gasteiger partial charge in [0.2, 0.25) is 0 Å². The molecule has 0 aromatic heterocycles. The van der Waals surface area contributed by atoms with Gasteiger partial charge in [-0.15, -0.1) is 0 Å². The Bertz CT molecular complexity index is 438. The quantitative estimate of drug-likeness (QED) is 0.840. The van der Waals surface area contributed by atoms with Gasteiger partial charge in [-0.2, -0.15) is 0 Å². The molecule has 3 nitrogen and oxygen atoms in total. The number of nitrogens with two attached hydrogens (primary N) is 1. The summed E-state index contributed by atoms with van der Waals surface area (Å²) in [6, 6.07) is 4.41. The van der Waals surface area contributed by atoms with Crippen LogP contribution in [-0.2, 0) is 0 Å². The van der Waals surface area contributed by atoms with Crippen LogP contribution < -0.4 is 15.8 Å². The number of methoxy groups -OCH3 is 1. The predicted octanol–water partition coefficient (Wildman–Crippen LogP) is 2.31. The third-order valence-corrected chi connectivity index (χ3v) is 4.20. The molecule has 1 fully saturated rings. The van der Waals surface area contributed by atoms with Crippen LogP contribution in [0.2, 0.25) is 0 Å². The Morgan fingerprint density at radius 2 is 2.00 bits per heavy atom. The van der Waals surface area contributed by atoms with E-state index in [-0.39, 0.29) is 11.5 Å². The maximum Gasteiger partial charge on any atom is 0.122 e. The molecule has 18 heavy (non-hydrogen) atoms. The minimum absolute atomic E-state index is 0.120. The molecule has 0 heterocycles. The fourth-order valence-corrected chi connectivity index (χ4v) is 2.81. The third-order valence-electron chi connectivity index (χ3n) is 4.20. The lowest BCUT2D eigenvalue weighted by Crippen LogP contribution is -2.31. The highest BCUT2D eigenvalue weighted by Gasteiger charge is 2.48. The standard InChI is InChI=1S/C15H24N2O/c1-10-8-13(18-4)11(2)7-12(10)14(16)15(5-6-15)9-17-3/h7-8,14,17H,5-6,9,16H2,1-4H3. The van der Waals surface area contributed by atoms with Crippen LogP contribution in [0.1, 0.15) is 35.6 Å². The van der Waals surface area contributed by atoms with Gasteiger partial charge in [0.25, 0.3) is 0 Å². The molecule has 0 radical (unpaired) electrons. The summed E-state index contributed by atoms with van der Waals surface area (Å²) in [6.07, 6.45) is 2.44. The van der Waals surface area contributed by atoms with E-state index in [2.05, 4.69) is 31.3 Å². The molecular weight excluding hydrogens is 224 g/mol. The van der Waals surface area contributed by atoms with Crippen molar-refractivity contribution in [2.45, 2.75) is 32.7 Å². The summed E-state index contributed by atoms with van der Waals surface area (Å²) in [5, 5.41) is 3.27. The van der Waals surface area contributed by atoms with Crippen LogP contribution in [0.5, 0.6) is 5.75 Å². The van der Waals surface area contributed by atoms with Crippen LogP contribution >= 0.6 is 0 Å². The molecule has 1 aromatic rings. The first-order valence-corrected chi connectivity index (χ1v) is 6.59. The van der Waals surface area contributed by atoms with E-state index in [1.807, 2.05) is 7.05 Å². The second-order valence-corrected chi connectivity index (χ2v) is 5.55. The largest absolute Gasteiger partial charge is 0.496 e. The lowest BCUT2D eigenvalue weighted by Gasteiger charge is -2.26. The highest BCUT2D eigenvalue weighted by atomic mass is 16.5. The number of aryl methyl sites for hydroxylation is 2. The number of hydrogen-bond acceptors (Lipinski definition) is 3. The molecule has 1 aromatic carbocycles. The first-order chi connectivity index (χ1) is 8.54. The van der Waals surface area contributed by atoms with Gasteiger partial charge in [0, 0.05) is 18.0 Å². The topological polar surface area (TPSA) is 47.3 Å². The average molecular weight is 248 g/mol. The second kappa shape index (κ2) is 4.90. The minimum atomic E-state index is 0.120. The predicted molar refractivity (Wildman–Crippen MR) is 75.0 cm³/mol. The van der Waals surface area contributed by atoms with Crippen LogP contribution in [0.3, 0.4) is 0 Å². The van der Waals surface area contributed by atoms with Crippen LogP contribution in [0.4, 0.5) is 0 Å². The van der Waals surface area contributed by atoms with Crippen molar-refractivity contribution in [3.8, 4) is 5.75 Å². The molecule has 1 unspecified atom stereocenters. The Kier molecular flexibility index (Phi) is 3.64. The van der Waals surface area contributed by atoms with Crippen molar-refractivity contribution < 1.29 is 4.74 Å². The zero-order chi connectivity index (χ0) is 13.3. The van der Waals surface area contributed by atoms with E-state index >= 15 is 0 Å². The molecule has 0 bridgehead atoms. The van der Waals surface area contributed by atoms with Crippen molar-refractivity contribution in [1.29, 1.82) is 0 Å². The van der Waals surface area contributed by atoms with Gasteiger partial charge in [0.1, 0.15) is 5.75 Å². The Labute approximate surface area is 110 Å². The van der Waals surface area contributed by atoms with Crippen molar-refractivity contribution in [3.05, 3.63) is 28.8 Å². The van der Waals surface area contributed by atoms with E-state index in [4.69, 9.17) is 10.5 Å². The van der Waals surface area contributed by atoms with E-state index in [1.54, 1.807) is 7.11 Å². The van der Waals surface area contributed by atoms with Crippen molar-refractivity contribution in [3.63, 3.8) is 0 Å². The zero-order valence-corrected chi connectivity index (χ0v) is 11.8. The number of nitrogens with one attached hydrogen (secondary N) is 1. The van der Waals surface area contributed by atoms with E-state index in [1.165, 1.54) is 24.0 Å². The van der Waals surface area contributed by atoms with Crippen molar-refractivity contribution in [2.75, 3.05) is 20.7 Å². The molecule has 0 spiro atoms. The Morgan fingerprint density at radius 1 is 1.33 bits per heavy atom. The van der Waals surface area contributed by atoms with Gasteiger partial charge in [-0.25, -0.2) is 0 Å². The van der Waals surface area contributed by atoms with Crippen molar-refractivity contribution in [1.82, 2.24) is 5.32 Å². The Hall–Kier alpha value is -1.06. The summed E-state index contributed by atoms with van der Waals surface area (Å²) in [5.41, 5.74) is 10.4. The van der Waals surface area contributed by atoms with E-state index in [0.29, 0.717) is 0 Å². The lowest BCUT2D eigenvalue weighted by molar-refractivity contribution is 0.388. The molecule has 0 saturated heterocycles. The smallest absolute Gasteiger partial charge is 0.122 e. The monoisotopic (exact) mass is 248 g/mol. The minimum Gasteiger partial charge on any atom is -0.496 e. The highest BCUT2D eigenvalue weighted by molar-refractivity contribution is 5.43. The Balaban J connectivity index is 2.31. The van der Waals surface area contributed by atoms with E-state index < -0.39 is 0 Å². The van der Waals surface area contributed by atoms with Gasteiger partial charge in [0.05, 0.1) is 7.11 Å². The molecular formula is C15H24N2O.